The number of hydrogen-bond acceptors (Lipinski definition) is 3. The molecular weight excluding hydrogens is 250 g/mol. The van der Waals surface area contributed by atoms with E-state index < -0.39 is 0 Å². The van der Waals surface area contributed by atoms with Gasteiger partial charge in [-0.15, -0.1) is 0 Å². The van der Waals surface area contributed by atoms with Crippen LogP contribution < -0.4 is 5.32 Å². The van der Waals surface area contributed by atoms with Crippen molar-refractivity contribution in [3.05, 3.63) is 29.8 Å². The first-order chi connectivity index (χ1) is 9.65. The lowest BCUT2D eigenvalue weighted by Crippen LogP contribution is -2.43. The van der Waals surface area contributed by atoms with Gasteiger partial charge in [0.1, 0.15) is 0 Å². The summed E-state index contributed by atoms with van der Waals surface area (Å²) >= 11 is 0. The van der Waals surface area contributed by atoms with E-state index in [-0.39, 0.29) is 11.9 Å². The Morgan fingerprint density at radius 2 is 2.00 bits per heavy atom. The van der Waals surface area contributed by atoms with Crippen LogP contribution in [0.3, 0.4) is 0 Å². The first-order valence-electron chi connectivity index (χ1n) is 7.50. The van der Waals surface area contributed by atoms with Crippen LogP contribution in [0, 0.1) is 0 Å². The van der Waals surface area contributed by atoms with E-state index in [4.69, 9.17) is 0 Å². The van der Waals surface area contributed by atoms with Crippen molar-refractivity contribution in [3.63, 3.8) is 0 Å². The van der Waals surface area contributed by atoms with Gasteiger partial charge in [0.25, 0.3) is 0 Å². The lowest BCUT2D eigenvalue weighted by atomic mass is 10.1. The Morgan fingerprint density at radius 3 is 2.70 bits per heavy atom. The number of carbonyl (C=O) groups is 1. The van der Waals surface area contributed by atoms with Gasteiger partial charge in [0.05, 0.1) is 6.04 Å². The molecule has 1 amide bonds. The van der Waals surface area contributed by atoms with Crippen molar-refractivity contribution >= 4 is 11.6 Å². The molecule has 0 spiro atoms. The average molecular weight is 275 g/mol. The monoisotopic (exact) mass is 275 g/mol. The Morgan fingerprint density at radius 1 is 1.30 bits per heavy atom. The maximum atomic E-state index is 12.2. The van der Waals surface area contributed by atoms with Gasteiger partial charge in [0.15, 0.2) is 0 Å². The minimum Gasteiger partial charge on any atom is -0.324 e. The number of anilines is 1. The number of benzene rings is 1. The Labute approximate surface area is 121 Å². The van der Waals surface area contributed by atoms with E-state index in [2.05, 4.69) is 35.0 Å². The van der Waals surface area contributed by atoms with Gasteiger partial charge in [0.2, 0.25) is 5.91 Å². The predicted octanol–water partition coefficient (Wildman–Crippen LogP) is 2.17. The molecule has 1 atom stereocenters. The molecule has 0 radical (unpaired) electrons. The molecule has 0 saturated heterocycles. The highest BCUT2D eigenvalue weighted by atomic mass is 16.2. The van der Waals surface area contributed by atoms with Crippen LogP contribution in [-0.4, -0.2) is 47.9 Å². The van der Waals surface area contributed by atoms with E-state index >= 15 is 0 Å². The van der Waals surface area contributed by atoms with E-state index in [0.717, 1.165) is 38.4 Å². The standard InChI is InChI=1S/C16H25N3O/c1-4-18(5-2)10-11-19-12-14-8-6-7-9-15(14)17-16(20)13(19)3/h6-9,13H,4-5,10-12H2,1-3H3,(H,17,20)/t13-/m0/s1. The highest BCUT2D eigenvalue weighted by Crippen LogP contribution is 2.22. The van der Waals surface area contributed by atoms with Gasteiger partial charge in [-0.25, -0.2) is 0 Å². The fraction of sp³-hybridized carbons (Fsp3) is 0.562. The number of fused-ring (bicyclic) bond motifs is 1. The van der Waals surface area contributed by atoms with E-state index in [0.29, 0.717) is 0 Å². The summed E-state index contributed by atoms with van der Waals surface area (Å²) in [6.45, 7) is 11.2. The number of carbonyl (C=O) groups excluding carboxylic acids is 1. The number of rotatable bonds is 5. The number of nitrogens with zero attached hydrogens (tertiary/aromatic N) is 2. The van der Waals surface area contributed by atoms with Crippen LogP contribution in [-0.2, 0) is 11.3 Å². The van der Waals surface area contributed by atoms with Gasteiger partial charge >= 0.3 is 0 Å². The second-order valence-corrected chi connectivity index (χ2v) is 5.32. The second kappa shape index (κ2) is 6.86. The summed E-state index contributed by atoms with van der Waals surface area (Å²) in [5, 5.41) is 3.02. The molecule has 0 aliphatic carbocycles. The molecule has 1 aliphatic rings. The Balaban J connectivity index is 2.10. The van der Waals surface area contributed by atoms with Gasteiger partial charge < -0.3 is 10.2 Å². The quantitative estimate of drug-likeness (QED) is 0.894. The molecule has 110 valence electrons. The molecule has 0 fully saturated rings. The van der Waals surface area contributed by atoms with Gasteiger partial charge in [-0.2, -0.15) is 0 Å². The molecule has 1 aromatic rings. The van der Waals surface area contributed by atoms with Crippen molar-refractivity contribution in [2.24, 2.45) is 0 Å². The zero-order valence-corrected chi connectivity index (χ0v) is 12.7. The van der Waals surface area contributed by atoms with Crippen molar-refractivity contribution in [2.75, 3.05) is 31.5 Å². The largest absolute Gasteiger partial charge is 0.324 e. The summed E-state index contributed by atoms with van der Waals surface area (Å²) in [5.74, 6) is 0.0921. The SMILES string of the molecule is CCN(CC)CCN1Cc2ccccc2NC(=O)[C@@H]1C. The third-order valence-corrected chi connectivity index (χ3v) is 4.17. The minimum atomic E-state index is -0.0852. The molecule has 1 heterocycles. The fourth-order valence-electron chi connectivity index (χ4n) is 2.62. The highest BCUT2D eigenvalue weighted by Gasteiger charge is 2.26. The van der Waals surface area contributed by atoms with E-state index in [9.17, 15) is 4.79 Å². The van der Waals surface area contributed by atoms with Crippen LogP contribution in [0.2, 0.25) is 0 Å². The lowest BCUT2D eigenvalue weighted by molar-refractivity contribution is -0.120. The second-order valence-electron chi connectivity index (χ2n) is 5.32. The van der Waals surface area contributed by atoms with Crippen LogP contribution in [0.4, 0.5) is 5.69 Å². The highest BCUT2D eigenvalue weighted by molar-refractivity contribution is 5.95. The zero-order chi connectivity index (χ0) is 14.5. The Kier molecular flexibility index (Phi) is 5.15. The molecule has 0 aromatic heterocycles. The van der Waals surface area contributed by atoms with E-state index in [1.54, 1.807) is 0 Å². The number of amides is 1. The number of para-hydroxylation sites is 1. The van der Waals surface area contributed by atoms with Crippen LogP contribution in [0.5, 0.6) is 0 Å². The average Bonchev–Trinajstić information content (AvgIpc) is 2.58. The van der Waals surface area contributed by atoms with Crippen molar-refractivity contribution in [1.29, 1.82) is 0 Å². The molecule has 1 aliphatic heterocycles. The molecule has 4 heteroatoms. The maximum Gasteiger partial charge on any atom is 0.241 e. The van der Waals surface area contributed by atoms with Crippen molar-refractivity contribution in [3.8, 4) is 0 Å². The number of hydrogen-bond donors (Lipinski definition) is 1. The first-order valence-corrected chi connectivity index (χ1v) is 7.50. The summed E-state index contributed by atoms with van der Waals surface area (Å²) < 4.78 is 0. The summed E-state index contributed by atoms with van der Waals surface area (Å²) in [7, 11) is 0. The molecule has 20 heavy (non-hydrogen) atoms. The Hall–Kier alpha value is -1.39. The van der Waals surface area contributed by atoms with Crippen LogP contribution in [0.1, 0.15) is 26.3 Å². The molecular formula is C16H25N3O. The lowest BCUT2D eigenvalue weighted by Gasteiger charge is -2.28. The number of nitrogens with one attached hydrogen (secondary N) is 1. The molecule has 1 aromatic carbocycles. The number of likely N-dealkylation sites (N-methyl/N-ethyl adjacent to an activating group) is 1. The van der Waals surface area contributed by atoms with Gasteiger partial charge in [-0.05, 0) is 31.6 Å². The van der Waals surface area contributed by atoms with Crippen LogP contribution >= 0.6 is 0 Å². The van der Waals surface area contributed by atoms with Gasteiger partial charge in [0, 0.05) is 25.3 Å². The van der Waals surface area contributed by atoms with Crippen molar-refractivity contribution in [1.82, 2.24) is 9.80 Å². The van der Waals surface area contributed by atoms with Gasteiger partial charge in [-0.3, -0.25) is 9.69 Å². The first kappa shape index (κ1) is 15.0. The fourth-order valence-corrected chi connectivity index (χ4v) is 2.62. The van der Waals surface area contributed by atoms with Crippen molar-refractivity contribution < 1.29 is 4.79 Å². The summed E-state index contributed by atoms with van der Waals surface area (Å²) in [6, 6.07) is 7.99. The Bertz CT molecular complexity index is 457. The minimum absolute atomic E-state index is 0.0852. The van der Waals surface area contributed by atoms with E-state index in [1.165, 1.54) is 5.56 Å². The summed E-state index contributed by atoms with van der Waals surface area (Å²) in [5.41, 5.74) is 2.15. The summed E-state index contributed by atoms with van der Waals surface area (Å²) in [4.78, 5) is 16.9. The topological polar surface area (TPSA) is 35.6 Å². The maximum absolute atomic E-state index is 12.2. The van der Waals surface area contributed by atoms with Crippen molar-refractivity contribution in [2.45, 2.75) is 33.4 Å². The third-order valence-electron chi connectivity index (χ3n) is 4.17. The molecule has 0 unspecified atom stereocenters. The smallest absolute Gasteiger partial charge is 0.241 e. The molecule has 0 bridgehead atoms. The van der Waals surface area contributed by atoms with Crippen LogP contribution in [0.15, 0.2) is 24.3 Å². The zero-order valence-electron chi connectivity index (χ0n) is 12.7. The van der Waals surface area contributed by atoms with E-state index in [1.807, 2.05) is 25.1 Å². The normalized spacial score (nSPS) is 19.6. The third kappa shape index (κ3) is 3.38. The molecule has 1 N–H and O–H groups in total. The molecule has 2 rings (SSSR count). The molecule has 0 saturated carbocycles. The van der Waals surface area contributed by atoms with Crippen LogP contribution in [0.25, 0.3) is 0 Å². The predicted molar refractivity (Wildman–Crippen MR) is 82.7 cm³/mol. The summed E-state index contributed by atoms with van der Waals surface area (Å²) in [6.07, 6.45) is 0. The molecule has 4 nitrogen and oxygen atoms in total. The van der Waals surface area contributed by atoms with Gasteiger partial charge in [-0.1, -0.05) is 32.0 Å².